The van der Waals surface area contributed by atoms with Crippen molar-refractivity contribution < 1.29 is 23.5 Å². The van der Waals surface area contributed by atoms with E-state index in [0.717, 1.165) is 27.7 Å². The average molecular weight is 382 g/mol. The molecule has 1 aliphatic heterocycles. The molecule has 0 spiro atoms. The SMILES string of the molecule is COC(=O)c1ccc([C@H]2N[C@@H](C(=O)OC)Cc3c2[nH]c2ccc(F)cc32)cc1. The minimum Gasteiger partial charge on any atom is -0.468 e. The van der Waals surface area contributed by atoms with Crippen LogP contribution < -0.4 is 5.32 Å². The highest BCUT2D eigenvalue weighted by Crippen LogP contribution is 2.35. The molecule has 3 aromatic rings. The van der Waals surface area contributed by atoms with Gasteiger partial charge in [0.05, 0.1) is 25.8 Å². The number of esters is 2. The predicted molar refractivity (Wildman–Crippen MR) is 101 cm³/mol. The van der Waals surface area contributed by atoms with Crippen molar-refractivity contribution in [1.82, 2.24) is 10.3 Å². The molecule has 4 rings (SSSR count). The van der Waals surface area contributed by atoms with Gasteiger partial charge in [-0.1, -0.05) is 12.1 Å². The molecular weight excluding hydrogens is 363 g/mol. The van der Waals surface area contributed by atoms with Crippen molar-refractivity contribution in [2.45, 2.75) is 18.5 Å². The summed E-state index contributed by atoms with van der Waals surface area (Å²) in [4.78, 5) is 27.3. The number of nitrogens with one attached hydrogen (secondary N) is 2. The zero-order chi connectivity index (χ0) is 19.8. The Morgan fingerprint density at radius 2 is 1.82 bits per heavy atom. The molecule has 0 aliphatic carbocycles. The van der Waals surface area contributed by atoms with E-state index >= 15 is 0 Å². The van der Waals surface area contributed by atoms with Crippen molar-refractivity contribution in [3.05, 3.63) is 70.7 Å². The number of hydrogen-bond donors (Lipinski definition) is 2. The highest BCUT2D eigenvalue weighted by molar-refractivity contribution is 5.89. The lowest BCUT2D eigenvalue weighted by atomic mass is 9.90. The van der Waals surface area contributed by atoms with Crippen LogP contribution in [0, 0.1) is 5.82 Å². The number of carbonyl (C=O) groups excluding carboxylic acids is 2. The number of methoxy groups -OCH3 is 2. The van der Waals surface area contributed by atoms with Crippen LogP contribution in [-0.2, 0) is 20.7 Å². The predicted octanol–water partition coefficient (Wildman–Crippen LogP) is 2.87. The van der Waals surface area contributed by atoms with Gasteiger partial charge in [-0.15, -0.1) is 0 Å². The molecule has 2 atom stereocenters. The molecule has 6 nitrogen and oxygen atoms in total. The number of carbonyl (C=O) groups is 2. The van der Waals surface area contributed by atoms with Gasteiger partial charge in [-0.3, -0.25) is 10.1 Å². The maximum atomic E-state index is 13.8. The molecule has 0 saturated carbocycles. The fraction of sp³-hybridized carbons (Fsp3) is 0.238. The number of hydrogen-bond acceptors (Lipinski definition) is 5. The summed E-state index contributed by atoms with van der Waals surface area (Å²) in [5, 5.41) is 4.05. The quantitative estimate of drug-likeness (QED) is 0.681. The number of benzene rings is 2. The zero-order valence-electron chi connectivity index (χ0n) is 15.4. The monoisotopic (exact) mass is 382 g/mol. The maximum Gasteiger partial charge on any atom is 0.337 e. The lowest BCUT2D eigenvalue weighted by Gasteiger charge is -2.30. The highest BCUT2D eigenvalue weighted by Gasteiger charge is 2.34. The second-order valence-corrected chi connectivity index (χ2v) is 6.70. The van der Waals surface area contributed by atoms with Gasteiger partial charge in [0.1, 0.15) is 11.9 Å². The molecule has 0 bridgehead atoms. The number of halogens is 1. The van der Waals surface area contributed by atoms with Crippen LogP contribution in [-0.4, -0.2) is 37.2 Å². The van der Waals surface area contributed by atoms with E-state index in [1.54, 1.807) is 30.3 Å². The molecule has 2 N–H and O–H groups in total. The Morgan fingerprint density at radius 3 is 2.50 bits per heavy atom. The first-order chi connectivity index (χ1) is 13.5. The van der Waals surface area contributed by atoms with E-state index in [2.05, 4.69) is 10.3 Å². The van der Waals surface area contributed by atoms with Crippen LogP contribution in [0.2, 0.25) is 0 Å². The lowest BCUT2D eigenvalue weighted by molar-refractivity contribution is -0.143. The van der Waals surface area contributed by atoms with Crippen LogP contribution in [0.5, 0.6) is 0 Å². The fourth-order valence-corrected chi connectivity index (χ4v) is 3.74. The Morgan fingerprint density at radius 1 is 1.07 bits per heavy atom. The van der Waals surface area contributed by atoms with Gasteiger partial charge in [0.25, 0.3) is 0 Å². The Labute approximate surface area is 160 Å². The molecule has 0 amide bonds. The number of aromatic nitrogens is 1. The van der Waals surface area contributed by atoms with E-state index in [4.69, 9.17) is 9.47 Å². The third-order valence-corrected chi connectivity index (χ3v) is 5.12. The van der Waals surface area contributed by atoms with Crippen LogP contribution >= 0.6 is 0 Å². The van der Waals surface area contributed by atoms with Gasteiger partial charge in [-0.25, -0.2) is 9.18 Å². The maximum absolute atomic E-state index is 13.8. The van der Waals surface area contributed by atoms with Crippen molar-refractivity contribution in [1.29, 1.82) is 0 Å². The molecule has 28 heavy (non-hydrogen) atoms. The first kappa shape index (κ1) is 18.2. The van der Waals surface area contributed by atoms with Crippen molar-refractivity contribution in [3.8, 4) is 0 Å². The number of ether oxygens (including phenoxy) is 2. The van der Waals surface area contributed by atoms with Gasteiger partial charge in [0.2, 0.25) is 0 Å². The van der Waals surface area contributed by atoms with Gasteiger partial charge in [-0.05, 0) is 41.5 Å². The van der Waals surface area contributed by atoms with Crippen LogP contribution in [0.25, 0.3) is 10.9 Å². The third-order valence-electron chi connectivity index (χ3n) is 5.12. The summed E-state index contributed by atoms with van der Waals surface area (Å²) in [6.45, 7) is 0. The summed E-state index contributed by atoms with van der Waals surface area (Å²) in [6.07, 6.45) is 0.391. The minimum absolute atomic E-state index is 0.332. The average Bonchev–Trinajstić information content (AvgIpc) is 3.09. The molecule has 2 heterocycles. The molecule has 1 aliphatic rings. The molecule has 0 saturated heterocycles. The molecule has 0 unspecified atom stereocenters. The third kappa shape index (κ3) is 3.03. The van der Waals surface area contributed by atoms with Crippen molar-refractivity contribution in [2.75, 3.05) is 14.2 Å². The Kier molecular flexibility index (Phi) is 4.60. The van der Waals surface area contributed by atoms with Gasteiger partial charge in [0, 0.05) is 23.0 Å². The second-order valence-electron chi connectivity index (χ2n) is 6.70. The smallest absolute Gasteiger partial charge is 0.337 e. The van der Waals surface area contributed by atoms with Crippen molar-refractivity contribution in [3.63, 3.8) is 0 Å². The molecule has 2 aromatic carbocycles. The fourth-order valence-electron chi connectivity index (χ4n) is 3.74. The van der Waals surface area contributed by atoms with Gasteiger partial charge in [-0.2, -0.15) is 0 Å². The van der Waals surface area contributed by atoms with Crippen molar-refractivity contribution >= 4 is 22.8 Å². The van der Waals surface area contributed by atoms with Crippen LogP contribution in [0.1, 0.15) is 33.2 Å². The second kappa shape index (κ2) is 7.09. The molecule has 7 heteroatoms. The van der Waals surface area contributed by atoms with Crippen LogP contribution in [0.3, 0.4) is 0 Å². The molecular formula is C21H19FN2O4. The Balaban J connectivity index is 1.81. The first-order valence-corrected chi connectivity index (χ1v) is 8.84. The first-order valence-electron chi connectivity index (χ1n) is 8.84. The number of H-pyrrole nitrogens is 1. The zero-order valence-corrected chi connectivity index (χ0v) is 15.4. The molecule has 0 fully saturated rings. The lowest BCUT2D eigenvalue weighted by Crippen LogP contribution is -2.45. The largest absolute Gasteiger partial charge is 0.468 e. The van der Waals surface area contributed by atoms with E-state index < -0.39 is 12.0 Å². The normalized spacial score (nSPS) is 18.5. The highest BCUT2D eigenvalue weighted by atomic mass is 19.1. The van der Waals surface area contributed by atoms with Crippen LogP contribution in [0.15, 0.2) is 42.5 Å². The standard InChI is InChI=1S/C21H19FN2O4/c1-27-20(25)12-5-3-11(4-6-12)18-19-15(10-17(24-18)21(26)28-2)14-9-13(22)7-8-16(14)23-19/h3-9,17-18,23-24H,10H2,1-2H3/t17-,18-/m1/s1. The topological polar surface area (TPSA) is 80.4 Å². The number of fused-ring (bicyclic) bond motifs is 3. The summed E-state index contributed by atoms with van der Waals surface area (Å²) in [7, 11) is 2.67. The van der Waals surface area contributed by atoms with E-state index in [1.165, 1.54) is 26.4 Å². The summed E-state index contributed by atoms with van der Waals surface area (Å²) < 4.78 is 23.5. The number of aromatic amines is 1. The van der Waals surface area contributed by atoms with E-state index in [1.807, 2.05) is 0 Å². The summed E-state index contributed by atoms with van der Waals surface area (Å²) in [5.41, 5.74) is 3.84. The van der Waals surface area contributed by atoms with Gasteiger partial charge >= 0.3 is 11.9 Å². The summed E-state index contributed by atoms with van der Waals surface area (Å²) in [6, 6.07) is 10.6. The van der Waals surface area contributed by atoms with E-state index in [0.29, 0.717) is 12.0 Å². The Hall–Kier alpha value is -3.19. The van der Waals surface area contributed by atoms with Gasteiger partial charge < -0.3 is 14.5 Å². The van der Waals surface area contributed by atoms with E-state index in [9.17, 15) is 14.0 Å². The molecule has 0 radical (unpaired) electrons. The van der Waals surface area contributed by atoms with Crippen LogP contribution in [0.4, 0.5) is 4.39 Å². The number of rotatable bonds is 3. The molecule has 1 aromatic heterocycles. The minimum atomic E-state index is -0.565. The summed E-state index contributed by atoms with van der Waals surface area (Å²) in [5.74, 6) is -1.13. The van der Waals surface area contributed by atoms with E-state index in [-0.39, 0.29) is 17.8 Å². The van der Waals surface area contributed by atoms with Gasteiger partial charge in [0.15, 0.2) is 0 Å². The summed E-state index contributed by atoms with van der Waals surface area (Å²) >= 11 is 0. The molecule has 144 valence electrons. The Bertz CT molecular complexity index is 1060. The van der Waals surface area contributed by atoms with Crippen molar-refractivity contribution in [2.24, 2.45) is 0 Å².